The molecule has 0 aromatic heterocycles. The maximum absolute atomic E-state index is 5.57. The van der Waals surface area contributed by atoms with Crippen LogP contribution in [-0.2, 0) is 0 Å². The van der Waals surface area contributed by atoms with E-state index in [0.717, 1.165) is 11.5 Å². The summed E-state index contributed by atoms with van der Waals surface area (Å²) in [4.78, 5) is 1.20. The monoisotopic (exact) mass is 202 g/mol. The lowest BCUT2D eigenvalue weighted by Crippen LogP contribution is -1.83. The topological polar surface area (TPSA) is 9.23 Å². The van der Waals surface area contributed by atoms with Gasteiger partial charge in [-0.25, -0.2) is 0 Å². The zero-order chi connectivity index (χ0) is 8.81. The lowest BCUT2D eigenvalue weighted by Gasteiger charge is -2.02. The van der Waals surface area contributed by atoms with Crippen molar-refractivity contribution in [3.05, 3.63) is 24.3 Å². The molecule has 0 spiro atoms. The van der Waals surface area contributed by atoms with Gasteiger partial charge in [0.25, 0.3) is 0 Å². The predicted octanol–water partition coefficient (Wildman–Crippen LogP) is 3.03. The number of hydrogen-bond acceptors (Lipinski definition) is 2. The summed E-state index contributed by atoms with van der Waals surface area (Å²) in [5, 5.41) is 0. The zero-order valence-corrected chi connectivity index (χ0v) is 8.49. The first-order valence-electron chi connectivity index (χ1n) is 3.69. The highest BCUT2D eigenvalue weighted by Gasteiger charge is 1.94. The van der Waals surface area contributed by atoms with Crippen LogP contribution in [0, 0.1) is 0 Å². The largest absolute Gasteiger partial charge is 0.497 e. The van der Waals surface area contributed by atoms with Crippen LogP contribution >= 0.6 is 23.4 Å². The van der Waals surface area contributed by atoms with E-state index in [9.17, 15) is 0 Å². The van der Waals surface area contributed by atoms with E-state index in [0.29, 0.717) is 5.88 Å². The molecule has 0 bridgehead atoms. The Bertz CT molecular complexity index is 240. The van der Waals surface area contributed by atoms with Gasteiger partial charge in [0.1, 0.15) is 5.75 Å². The minimum atomic E-state index is 0.682. The van der Waals surface area contributed by atoms with Crippen molar-refractivity contribution in [3.8, 4) is 5.75 Å². The fourth-order valence-electron chi connectivity index (χ4n) is 0.847. The summed E-state index contributed by atoms with van der Waals surface area (Å²) in [5.74, 6) is 2.52. The Morgan fingerprint density at radius 1 is 1.50 bits per heavy atom. The van der Waals surface area contributed by atoms with E-state index in [4.69, 9.17) is 16.3 Å². The van der Waals surface area contributed by atoms with Crippen molar-refractivity contribution in [3.63, 3.8) is 0 Å². The van der Waals surface area contributed by atoms with Crippen LogP contribution in [0.2, 0.25) is 0 Å². The van der Waals surface area contributed by atoms with Crippen molar-refractivity contribution in [1.82, 2.24) is 0 Å². The third-order valence-corrected chi connectivity index (χ3v) is 2.80. The Balaban J connectivity index is 2.60. The predicted molar refractivity (Wildman–Crippen MR) is 54.4 cm³/mol. The normalized spacial score (nSPS) is 9.83. The first-order valence-corrected chi connectivity index (χ1v) is 5.21. The number of halogens is 1. The van der Waals surface area contributed by atoms with Crippen molar-refractivity contribution < 1.29 is 4.74 Å². The number of benzene rings is 1. The van der Waals surface area contributed by atoms with Crippen LogP contribution in [0.4, 0.5) is 0 Å². The molecule has 0 atom stereocenters. The molecule has 0 saturated carbocycles. The maximum atomic E-state index is 5.57. The van der Waals surface area contributed by atoms with Crippen molar-refractivity contribution in [2.45, 2.75) is 4.90 Å². The Hall–Kier alpha value is -0.340. The summed E-state index contributed by atoms with van der Waals surface area (Å²) in [7, 11) is 1.67. The van der Waals surface area contributed by atoms with Crippen LogP contribution in [0.5, 0.6) is 5.75 Å². The van der Waals surface area contributed by atoms with Crippen LogP contribution in [-0.4, -0.2) is 18.7 Å². The fraction of sp³-hybridized carbons (Fsp3) is 0.333. The van der Waals surface area contributed by atoms with Gasteiger partial charge in [-0.1, -0.05) is 6.07 Å². The van der Waals surface area contributed by atoms with E-state index in [2.05, 4.69) is 6.07 Å². The number of rotatable bonds is 4. The SMILES string of the molecule is COc1cccc(SCCCl)c1. The van der Waals surface area contributed by atoms with Gasteiger partial charge in [-0.3, -0.25) is 0 Å². The molecular formula is C9H11ClOS. The molecule has 0 radical (unpaired) electrons. The second-order valence-corrected chi connectivity index (χ2v) is 3.76. The summed E-state index contributed by atoms with van der Waals surface area (Å²) >= 11 is 7.31. The first-order chi connectivity index (χ1) is 5.86. The van der Waals surface area contributed by atoms with Gasteiger partial charge in [0.15, 0.2) is 0 Å². The second kappa shape index (κ2) is 5.33. The maximum Gasteiger partial charge on any atom is 0.119 e. The molecule has 0 heterocycles. The van der Waals surface area contributed by atoms with Gasteiger partial charge in [-0.05, 0) is 18.2 Å². The van der Waals surface area contributed by atoms with Crippen LogP contribution < -0.4 is 4.74 Å². The van der Waals surface area contributed by atoms with Gasteiger partial charge >= 0.3 is 0 Å². The Kier molecular flexibility index (Phi) is 4.33. The lowest BCUT2D eigenvalue weighted by molar-refractivity contribution is 0.413. The third-order valence-electron chi connectivity index (χ3n) is 1.39. The average Bonchev–Trinajstić information content (AvgIpc) is 2.15. The number of alkyl halides is 1. The molecule has 0 aliphatic carbocycles. The van der Waals surface area contributed by atoms with Crippen LogP contribution in [0.1, 0.15) is 0 Å². The van der Waals surface area contributed by atoms with Crippen LogP contribution in [0.3, 0.4) is 0 Å². The Morgan fingerprint density at radius 2 is 2.33 bits per heavy atom. The van der Waals surface area contributed by atoms with Crippen LogP contribution in [0.25, 0.3) is 0 Å². The lowest BCUT2D eigenvalue weighted by atomic mass is 10.3. The molecule has 1 aromatic rings. The van der Waals surface area contributed by atoms with Gasteiger partial charge < -0.3 is 4.74 Å². The molecule has 1 rings (SSSR count). The molecule has 1 nitrogen and oxygen atoms in total. The zero-order valence-electron chi connectivity index (χ0n) is 6.92. The van der Waals surface area contributed by atoms with E-state index >= 15 is 0 Å². The van der Waals surface area contributed by atoms with Crippen molar-refractivity contribution in [2.24, 2.45) is 0 Å². The molecule has 66 valence electrons. The van der Waals surface area contributed by atoms with Crippen LogP contribution in [0.15, 0.2) is 29.2 Å². The molecule has 1 aromatic carbocycles. The van der Waals surface area contributed by atoms with Gasteiger partial charge in [0.2, 0.25) is 0 Å². The minimum Gasteiger partial charge on any atom is -0.497 e. The average molecular weight is 203 g/mol. The molecule has 12 heavy (non-hydrogen) atoms. The number of methoxy groups -OCH3 is 1. The summed E-state index contributed by atoms with van der Waals surface area (Å²) in [6.07, 6.45) is 0. The highest BCUT2D eigenvalue weighted by molar-refractivity contribution is 7.99. The highest BCUT2D eigenvalue weighted by atomic mass is 35.5. The van der Waals surface area contributed by atoms with Crippen molar-refractivity contribution >= 4 is 23.4 Å². The third kappa shape index (κ3) is 2.95. The summed E-state index contributed by atoms with van der Waals surface area (Å²) in [6.45, 7) is 0. The molecular weight excluding hydrogens is 192 g/mol. The fourth-order valence-corrected chi connectivity index (χ4v) is 1.77. The highest BCUT2D eigenvalue weighted by Crippen LogP contribution is 2.22. The van der Waals surface area contributed by atoms with Gasteiger partial charge in [-0.2, -0.15) is 0 Å². The number of ether oxygens (including phenoxy) is 1. The molecule has 0 N–H and O–H groups in total. The van der Waals surface area contributed by atoms with Gasteiger partial charge in [0, 0.05) is 16.5 Å². The number of thioether (sulfide) groups is 1. The van der Waals surface area contributed by atoms with E-state index in [-0.39, 0.29) is 0 Å². The quantitative estimate of drug-likeness (QED) is 0.549. The number of hydrogen-bond donors (Lipinski definition) is 0. The summed E-state index contributed by atoms with van der Waals surface area (Å²) in [5.41, 5.74) is 0. The molecule has 3 heteroatoms. The van der Waals surface area contributed by atoms with Crippen molar-refractivity contribution in [1.29, 1.82) is 0 Å². The molecule has 0 aliphatic rings. The Labute approximate surface area is 82.1 Å². The second-order valence-electron chi connectivity index (χ2n) is 2.22. The Morgan fingerprint density at radius 3 is 3.00 bits per heavy atom. The molecule has 0 saturated heterocycles. The standard InChI is InChI=1S/C9H11ClOS/c1-11-8-3-2-4-9(7-8)12-6-5-10/h2-4,7H,5-6H2,1H3. The molecule has 0 aliphatic heterocycles. The van der Waals surface area contributed by atoms with Gasteiger partial charge in [-0.15, -0.1) is 23.4 Å². The molecule has 0 fully saturated rings. The van der Waals surface area contributed by atoms with E-state index < -0.39 is 0 Å². The van der Waals surface area contributed by atoms with E-state index in [1.807, 2.05) is 18.2 Å². The molecule has 0 amide bonds. The van der Waals surface area contributed by atoms with Crippen molar-refractivity contribution in [2.75, 3.05) is 18.7 Å². The van der Waals surface area contributed by atoms with Gasteiger partial charge in [0.05, 0.1) is 7.11 Å². The smallest absolute Gasteiger partial charge is 0.119 e. The first kappa shape index (κ1) is 9.75. The summed E-state index contributed by atoms with van der Waals surface area (Å²) in [6, 6.07) is 7.98. The van der Waals surface area contributed by atoms with E-state index in [1.165, 1.54) is 4.90 Å². The minimum absolute atomic E-state index is 0.682. The summed E-state index contributed by atoms with van der Waals surface area (Å²) < 4.78 is 5.09. The van der Waals surface area contributed by atoms with E-state index in [1.54, 1.807) is 18.9 Å². The molecule has 0 unspecified atom stereocenters.